The second kappa shape index (κ2) is 8.18. The molecule has 0 aliphatic carbocycles. The number of benzene rings is 2. The fourth-order valence-electron chi connectivity index (χ4n) is 3.36. The molecule has 1 atom stereocenters. The summed E-state index contributed by atoms with van der Waals surface area (Å²) in [6.07, 6.45) is 5.57. The molecule has 0 bridgehead atoms. The molecule has 0 spiro atoms. The van der Waals surface area contributed by atoms with Crippen molar-refractivity contribution in [3.63, 3.8) is 0 Å². The number of amides is 2. The van der Waals surface area contributed by atoms with E-state index in [1.165, 1.54) is 0 Å². The van der Waals surface area contributed by atoms with Gasteiger partial charge in [-0.15, -0.1) is 0 Å². The second-order valence-corrected chi connectivity index (χ2v) is 6.90. The van der Waals surface area contributed by atoms with Crippen LogP contribution in [0, 0.1) is 0 Å². The quantitative estimate of drug-likeness (QED) is 0.702. The lowest BCUT2D eigenvalue weighted by atomic mass is 10.1. The first-order valence-electron chi connectivity index (χ1n) is 9.51. The average Bonchev–Trinajstić information content (AvgIpc) is 3.28. The number of ether oxygens (including phenoxy) is 1. The number of nitrogens with one attached hydrogen (secondary N) is 1. The molecule has 29 heavy (non-hydrogen) atoms. The van der Waals surface area contributed by atoms with Gasteiger partial charge < -0.3 is 19.5 Å². The van der Waals surface area contributed by atoms with Crippen LogP contribution in [0.3, 0.4) is 0 Å². The number of aromatic nitrogens is 2. The van der Waals surface area contributed by atoms with Crippen molar-refractivity contribution >= 4 is 17.5 Å². The molecule has 4 rings (SSSR count). The van der Waals surface area contributed by atoms with Crippen LogP contribution >= 0.6 is 0 Å². The second-order valence-electron chi connectivity index (χ2n) is 6.90. The Morgan fingerprint density at radius 1 is 1.21 bits per heavy atom. The Kier molecular flexibility index (Phi) is 5.29. The number of nitrogens with zero attached hydrogens (tertiary/aromatic N) is 3. The topological polar surface area (TPSA) is 76.5 Å². The highest BCUT2D eigenvalue weighted by Crippen LogP contribution is 2.31. The maximum atomic E-state index is 12.4. The van der Waals surface area contributed by atoms with E-state index in [-0.39, 0.29) is 30.9 Å². The number of hydrogen-bond donors (Lipinski definition) is 1. The molecule has 3 aromatic rings. The normalized spacial score (nSPS) is 14.1. The van der Waals surface area contributed by atoms with E-state index in [9.17, 15) is 9.59 Å². The molecular formula is C22H22N4O3. The van der Waals surface area contributed by atoms with Crippen molar-refractivity contribution < 1.29 is 14.3 Å². The molecule has 0 saturated carbocycles. The van der Waals surface area contributed by atoms with Gasteiger partial charge >= 0.3 is 0 Å². The first-order valence-corrected chi connectivity index (χ1v) is 9.51. The fourth-order valence-corrected chi connectivity index (χ4v) is 3.36. The van der Waals surface area contributed by atoms with E-state index in [0.29, 0.717) is 18.0 Å². The smallest absolute Gasteiger partial charge is 0.265 e. The summed E-state index contributed by atoms with van der Waals surface area (Å²) in [5.74, 6) is 0.423. The first-order chi connectivity index (χ1) is 14.1. The maximum absolute atomic E-state index is 12.4. The van der Waals surface area contributed by atoms with E-state index < -0.39 is 0 Å². The zero-order valence-corrected chi connectivity index (χ0v) is 16.1. The molecule has 7 nitrogen and oxygen atoms in total. The van der Waals surface area contributed by atoms with Crippen molar-refractivity contribution in [3.8, 4) is 11.4 Å². The van der Waals surface area contributed by atoms with Crippen LogP contribution in [0.15, 0.2) is 67.3 Å². The van der Waals surface area contributed by atoms with Gasteiger partial charge in [0.25, 0.3) is 5.91 Å². The van der Waals surface area contributed by atoms with E-state index in [4.69, 9.17) is 4.74 Å². The number of para-hydroxylation sites is 2. The molecule has 2 aromatic carbocycles. The summed E-state index contributed by atoms with van der Waals surface area (Å²) in [5, 5.41) is 3.00. The third-order valence-electron chi connectivity index (χ3n) is 4.94. The third kappa shape index (κ3) is 4.13. The summed E-state index contributed by atoms with van der Waals surface area (Å²) in [7, 11) is 0. The molecule has 0 fully saturated rings. The zero-order valence-electron chi connectivity index (χ0n) is 16.1. The van der Waals surface area contributed by atoms with Gasteiger partial charge in [-0.05, 0) is 36.8 Å². The van der Waals surface area contributed by atoms with Crippen LogP contribution in [0.5, 0.6) is 5.75 Å². The molecule has 1 N–H and O–H groups in total. The van der Waals surface area contributed by atoms with Crippen molar-refractivity contribution in [2.45, 2.75) is 19.4 Å². The highest BCUT2D eigenvalue weighted by molar-refractivity contribution is 5.98. The molecule has 2 heterocycles. The first kappa shape index (κ1) is 18.7. The monoisotopic (exact) mass is 390 g/mol. The van der Waals surface area contributed by atoms with Crippen LogP contribution in [0.25, 0.3) is 5.69 Å². The number of fused-ring (bicyclic) bond motifs is 1. The minimum Gasteiger partial charge on any atom is -0.482 e. The SMILES string of the molecule is C[C@@H](NC(=O)CCN1C(=O)COc2ccccc21)c1ccc(-n2ccnc2)cc1. The Labute approximate surface area is 168 Å². The third-order valence-corrected chi connectivity index (χ3v) is 4.94. The van der Waals surface area contributed by atoms with Gasteiger partial charge in [0.05, 0.1) is 18.1 Å². The van der Waals surface area contributed by atoms with Crippen molar-refractivity contribution in [1.29, 1.82) is 0 Å². The Hall–Kier alpha value is -3.61. The number of carbonyl (C=O) groups is 2. The van der Waals surface area contributed by atoms with Crippen molar-refractivity contribution in [2.24, 2.45) is 0 Å². The molecule has 1 aliphatic rings. The van der Waals surface area contributed by atoms with Crippen LogP contribution in [0.4, 0.5) is 5.69 Å². The van der Waals surface area contributed by atoms with Gasteiger partial charge in [0.1, 0.15) is 5.75 Å². The van der Waals surface area contributed by atoms with Gasteiger partial charge in [-0.25, -0.2) is 4.98 Å². The highest BCUT2D eigenvalue weighted by atomic mass is 16.5. The lowest BCUT2D eigenvalue weighted by Crippen LogP contribution is -2.41. The van der Waals surface area contributed by atoms with E-state index in [2.05, 4.69) is 10.3 Å². The number of carbonyl (C=O) groups excluding carboxylic acids is 2. The predicted octanol–water partition coefficient (Wildman–Crippen LogP) is 2.87. The standard InChI is InChI=1S/C22H22N4O3/c1-16(17-6-8-18(9-7-17)25-13-11-23-15-25)24-21(27)10-12-26-19-4-2-3-5-20(19)29-14-22(26)28/h2-9,11,13,15-16H,10,12,14H2,1H3,(H,24,27)/t16-/m1/s1. The van der Waals surface area contributed by atoms with Crippen LogP contribution in [-0.4, -0.2) is 34.5 Å². The van der Waals surface area contributed by atoms with E-state index in [1.807, 2.05) is 66.2 Å². The van der Waals surface area contributed by atoms with Crippen molar-refractivity contribution in [1.82, 2.24) is 14.9 Å². The van der Waals surface area contributed by atoms with Gasteiger partial charge in [-0.2, -0.15) is 0 Å². The zero-order chi connectivity index (χ0) is 20.2. The van der Waals surface area contributed by atoms with Gasteiger partial charge in [0.2, 0.25) is 5.91 Å². The summed E-state index contributed by atoms with van der Waals surface area (Å²) >= 11 is 0. The summed E-state index contributed by atoms with van der Waals surface area (Å²) < 4.78 is 7.36. The molecule has 0 unspecified atom stereocenters. The van der Waals surface area contributed by atoms with Crippen LogP contribution in [-0.2, 0) is 9.59 Å². The van der Waals surface area contributed by atoms with Gasteiger partial charge in [0.15, 0.2) is 6.61 Å². The fraction of sp³-hybridized carbons (Fsp3) is 0.227. The van der Waals surface area contributed by atoms with Crippen molar-refractivity contribution in [3.05, 3.63) is 72.8 Å². The van der Waals surface area contributed by atoms with E-state index >= 15 is 0 Å². The molecule has 1 aromatic heterocycles. The molecule has 0 radical (unpaired) electrons. The summed E-state index contributed by atoms with van der Waals surface area (Å²) in [6, 6.07) is 15.2. The Balaban J connectivity index is 1.34. The number of imidazole rings is 1. The average molecular weight is 390 g/mol. The van der Waals surface area contributed by atoms with Crippen LogP contribution < -0.4 is 15.0 Å². The van der Waals surface area contributed by atoms with Crippen LogP contribution in [0.1, 0.15) is 24.9 Å². The number of rotatable bonds is 6. The summed E-state index contributed by atoms with van der Waals surface area (Å²) in [5.41, 5.74) is 2.73. The van der Waals surface area contributed by atoms with E-state index in [1.54, 1.807) is 17.4 Å². The Morgan fingerprint density at radius 3 is 2.76 bits per heavy atom. The predicted molar refractivity (Wildman–Crippen MR) is 109 cm³/mol. The summed E-state index contributed by atoms with van der Waals surface area (Å²) in [6.45, 7) is 2.26. The molecule has 7 heteroatoms. The van der Waals surface area contributed by atoms with E-state index in [0.717, 1.165) is 11.3 Å². The lowest BCUT2D eigenvalue weighted by molar-refractivity contribution is -0.122. The lowest BCUT2D eigenvalue weighted by Gasteiger charge is -2.29. The maximum Gasteiger partial charge on any atom is 0.265 e. The van der Waals surface area contributed by atoms with Gasteiger partial charge in [-0.3, -0.25) is 9.59 Å². The molecule has 148 valence electrons. The minimum absolute atomic E-state index is 0.00169. The Morgan fingerprint density at radius 2 is 2.00 bits per heavy atom. The highest BCUT2D eigenvalue weighted by Gasteiger charge is 2.25. The van der Waals surface area contributed by atoms with Crippen molar-refractivity contribution in [2.75, 3.05) is 18.1 Å². The summed E-state index contributed by atoms with van der Waals surface area (Å²) in [4.78, 5) is 30.3. The molecule has 2 amide bonds. The molecule has 0 saturated heterocycles. The van der Waals surface area contributed by atoms with Crippen LogP contribution in [0.2, 0.25) is 0 Å². The minimum atomic E-state index is -0.139. The number of anilines is 1. The van der Waals surface area contributed by atoms with Gasteiger partial charge in [0, 0.05) is 31.0 Å². The Bertz CT molecular complexity index is 999. The van der Waals surface area contributed by atoms with Gasteiger partial charge in [-0.1, -0.05) is 24.3 Å². The number of hydrogen-bond acceptors (Lipinski definition) is 4. The molecule has 1 aliphatic heterocycles. The largest absolute Gasteiger partial charge is 0.482 e. The molecular weight excluding hydrogens is 368 g/mol.